The van der Waals surface area contributed by atoms with Gasteiger partial charge in [-0.3, -0.25) is 4.79 Å². The highest BCUT2D eigenvalue weighted by Gasteiger charge is 2.54. The second-order valence-electron chi connectivity index (χ2n) is 10.8. The fourth-order valence-electron chi connectivity index (χ4n) is 4.74. The summed E-state index contributed by atoms with van der Waals surface area (Å²) in [5, 5.41) is 19.4. The molecule has 2 atom stereocenters. The Bertz CT molecular complexity index is 1090. The molecule has 0 fully saturated rings. The van der Waals surface area contributed by atoms with Crippen molar-refractivity contribution in [1.82, 2.24) is 5.32 Å². The van der Waals surface area contributed by atoms with E-state index in [1.165, 1.54) is 6.07 Å². The molecule has 7 heteroatoms. The summed E-state index contributed by atoms with van der Waals surface area (Å²) in [6.45, 7) is 10.6. The lowest BCUT2D eigenvalue weighted by molar-refractivity contribution is -0.126. The number of hydrazone groups is 1. The Labute approximate surface area is 219 Å². The fraction of sp³-hybridized carbons (Fsp3) is 0.517. The highest BCUT2D eigenvalue weighted by atomic mass is 35.5. The molecule has 1 amide bonds. The van der Waals surface area contributed by atoms with E-state index in [0.717, 1.165) is 48.9 Å². The van der Waals surface area contributed by atoms with Crippen molar-refractivity contribution in [3.63, 3.8) is 0 Å². The first-order valence-electron chi connectivity index (χ1n) is 12.8. The van der Waals surface area contributed by atoms with Gasteiger partial charge in [-0.1, -0.05) is 75.0 Å². The molecule has 1 heterocycles. The number of aliphatic hydroxyl groups is 1. The van der Waals surface area contributed by atoms with E-state index in [2.05, 4.69) is 12.2 Å². The van der Waals surface area contributed by atoms with Crippen LogP contribution in [0.2, 0.25) is 5.02 Å². The maximum atomic E-state index is 15.2. The number of benzene rings is 2. The Morgan fingerprint density at radius 1 is 1.22 bits per heavy atom. The van der Waals surface area contributed by atoms with Crippen LogP contribution in [-0.4, -0.2) is 35.4 Å². The van der Waals surface area contributed by atoms with Crippen LogP contribution in [0.5, 0.6) is 0 Å². The lowest BCUT2D eigenvalue weighted by atomic mass is 9.76. The number of hydrogen-bond donors (Lipinski definition) is 2. The molecule has 0 saturated carbocycles. The van der Waals surface area contributed by atoms with Crippen LogP contribution in [0.3, 0.4) is 0 Å². The number of unbranched alkanes of at least 4 members (excludes halogenated alkanes) is 1. The van der Waals surface area contributed by atoms with Gasteiger partial charge in [-0.2, -0.15) is 5.10 Å². The highest BCUT2D eigenvalue weighted by Crippen LogP contribution is 2.43. The monoisotopic (exact) mass is 515 g/mol. The van der Waals surface area contributed by atoms with Crippen molar-refractivity contribution in [3.05, 3.63) is 64.4 Å². The maximum absolute atomic E-state index is 15.2. The third-order valence-corrected chi connectivity index (χ3v) is 7.43. The van der Waals surface area contributed by atoms with Crippen LogP contribution in [0, 0.1) is 24.1 Å². The zero-order chi connectivity index (χ0) is 26.5. The molecule has 0 aromatic heterocycles. The third-order valence-electron chi connectivity index (χ3n) is 7.19. The number of halogens is 2. The quantitative estimate of drug-likeness (QED) is 0.336. The molecule has 0 aliphatic carbocycles. The SMILES string of the molecule is CCCCC1C(c2ccc(C)cc2)=NN(c2ccc(Cl)cc2F)C1(C)C(=O)NCCCC(C)(C)CO. The first-order valence-corrected chi connectivity index (χ1v) is 13.2. The molecule has 1 aliphatic rings. The van der Waals surface area contributed by atoms with Gasteiger partial charge in [0.2, 0.25) is 5.91 Å². The fourth-order valence-corrected chi connectivity index (χ4v) is 4.90. The lowest BCUT2D eigenvalue weighted by Gasteiger charge is -2.38. The van der Waals surface area contributed by atoms with Crippen LogP contribution < -0.4 is 10.3 Å². The molecular weight excluding hydrogens is 477 g/mol. The van der Waals surface area contributed by atoms with Gasteiger partial charge < -0.3 is 10.4 Å². The van der Waals surface area contributed by atoms with E-state index in [0.29, 0.717) is 11.6 Å². The summed E-state index contributed by atoms with van der Waals surface area (Å²) < 4.78 is 15.2. The first kappa shape index (κ1) is 28.1. The Balaban J connectivity index is 2.01. The number of rotatable bonds is 11. The molecule has 5 nitrogen and oxygen atoms in total. The molecule has 0 spiro atoms. The van der Waals surface area contributed by atoms with E-state index in [1.54, 1.807) is 17.1 Å². The lowest BCUT2D eigenvalue weighted by Crippen LogP contribution is -2.58. The molecular formula is C29H39ClFN3O2. The van der Waals surface area contributed by atoms with Gasteiger partial charge in [-0.15, -0.1) is 0 Å². The largest absolute Gasteiger partial charge is 0.396 e. The summed E-state index contributed by atoms with van der Waals surface area (Å²) in [6, 6.07) is 12.6. The Hall–Kier alpha value is -2.44. The Morgan fingerprint density at radius 3 is 2.53 bits per heavy atom. The Kier molecular flexibility index (Phi) is 9.18. The molecule has 0 saturated heterocycles. The summed E-state index contributed by atoms with van der Waals surface area (Å²) in [5.74, 6) is -0.941. The van der Waals surface area contributed by atoms with Crippen molar-refractivity contribution in [2.75, 3.05) is 18.2 Å². The normalized spacial score (nSPS) is 19.9. The molecule has 2 aromatic carbocycles. The second-order valence-corrected chi connectivity index (χ2v) is 11.2. The molecule has 1 aliphatic heterocycles. The van der Waals surface area contributed by atoms with Gasteiger partial charge in [0.1, 0.15) is 11.4 Å². The third kappa shape index (κ3) is 6.09. The average molecular weight is 516 g/mol. The van der Waals surface area contributed by atoms with E-state index in [4.69, 9.17) is 16.7 Å². The van der Waals surface area contributed by atoms with Crippen molar-refractivity contribution in [2.45, 2.75) is 72.3 Å². The minimum Gasteiger partial charge on any atom is -0.396 e. The van der Waals surface area contributed by atoms with Crippen LogP contribution in [0.15, 0.2) is 47.6 Å². The number of aryl methyl sites for hydroxylation is 1. The smallest absolute Gasteiger partial charge is 0.248 e. The van der Waals surface area contributed by atoms with Gasteiger partial charge in [0.05, 0.1) is 11.4 Å². The number of nitrogens with one attached hydrogen (secondary N) is 1. The molecule has 2 aromatic rings. The van der Waals surface area contributed by atoms with Crippen LogP contribution in [0.25, 0.3) is 0 Å². The molecule has 2 N–H and O–H groups in total. The van der Waals surface area contributed by atoms with E-state index in [-0.39, 0.29) is 29.5 Å². The highest BCUT2D eigenvalue weighted by molar-refractivity contribution is 6.30. The van der Waals surface area contributed by atoms with Gasteiger partial charge in [0.15, 0.2) is 0 Å². The molecule has 0 bridgehead atoms. The van der Waals surface area contributed by atoms with E-state index >= 15 is 4.39 Å². The van der Waals surface area contributed by atoms with E-state index in [9.17, 15) is 9.90 Å². The minimum atomic E-state index is -1.13. The average Bonchev–Trinajstić information content (AvgIpc) is 3.14. The number of carbonyl (C=O) groups is 1. The number of anilines is 1. The number of aliphatic hydroxyl groups excluding tert-OH is 1. The Morgan fingerprint density at radius 2 is 1.92 bits per heavy atom. The summed E-state index contributed by atoms with van der Waals surface area (Å²) in [6.07, 6.45) is 4.15. The van der Waals surface area contributed by atoms with Crippen LogP contribution in [0.1, 0.15) is 70.9 Å². The van der Waals surface area contributed by atoms with Crippen molar-refractivity contribution in [1.29, 1.82) is 0 Å². The van der Waals surface area contributed by atoms with Gasteiger partial charge >= 0.3 is 0 Å². The van der Waals surface area contributed by atoms with Crippen LogP contribution >= 0.6 is 11.6 Å². The van der Waals surface area contributed by atoms with Gasteiger partial charge in [0, 0.05) is 24.1 Å². The van der Waals surface area contributed by atoms with Crippen molar-refractivity contribution in [3.8, 4) is 0 Å². The molecule has 2 unspecified atom stereocenters. The van der Waals surface area contributed by atoms with Crippen molar-refractivity contribution >= 4 is 28.9 Å². The summed E-state index contributed by atoms with van der Waals surface area (Å²) >= 11 is 6.04. The van der Waals surface area contributed by atoms with Gasteiger partial charge in [0.25, 0.3) is 0 Å². The second kappa shape index (κ2) is 11.7. The van der Waals surface area contributed by atoms with Crippen LogP contribution in [0.4, 0.5) is 10.1 Å². The maximum Gasteiger partial charge on any atom is 0.248 e. The summed E-state index contributed by atoms with van der Waals surface area (Å²) in [7, 11) is 0. The van der Waals surface area contributed by atoms with Crippen molar-refractivity contribution < 1.29 is 14.3 Å². The van der Waals surface area contributed by atoms with Crippen molar-refractivity contribution in [2.24, 2.45) is 16.4 Å². The minimum absolute atomic E-state index is 0.0924. The van der Waals surface area contributed by atoms with Gasteiger partial charge in [-0.25, -0.2) is 9.40 Å². The van der Waals surface area contributed by atoms with Gasteiger partial charge in [-0.05, 0) is 62.3 Å². The van der Waals surface area contributed by atoms with E-state index < -0.39 is 11.4 Å². The number of nitrogens with zero attached hydrogens (tertiary/aromatic N) is 2. The predicted octanol–water partition coefficient (Wildman–Crippen LogP) is 6.49. The van der Waals surface area contributed by atoms with E-state index in [1.807, 2.05) is 52.0 Å². The number of amides is 1. The zero-order valence-electron chi connectivity index (χ0n) is 22.1. The summed E-state index contributed by atoms with van der Waals surface area (Å²) in [5.41, 5.74) is 1.75. The predicted molar refractivity (Wildman–Crippen MR) is 146 cm³/mol. The standard InChI is InChI=1S/C29H39ClFN3O2/c1-6-7-9-23-26(21-12-10-20(2)11-13-21)33-34(25-15-14-22(30)18-24(25)31)29(23,5)27(36)32-17-8-16-28(3,4)19-35/h10-15,18,23,35H,6-9,16-17,19H2,1-5H3,(H,32,36). The molecule has 196 valence electrons. The first-order chi connectivity index (χ1) is 17.0. The summed E-state index contributed by atoms with van der Waals surface area (Å²) in [4.78, 5) is 13.9. The number of hydrogen-bond acceptors (Lipinski definition) is 4. The van der Waals surface area contributed by atoms with Crippen LogP contribution in [-0.2, 0) is 4.79 Å². The molecule has 36 heavy (non-hydrogen) atoms. The molecule has 3 rings (SSSR count). The molecule has 0 radical (unpaired) electrons. The topological polar surface area (TPSA) is 64.9 Å². The zero-order valence-corrected chi connectivity index (χ0v) is 22.8. The number of carbonyl (C=O) groups excluding carboxylic acids is 1.